The Bertz CT molecular complexity index is 236. The molecule has 60 valence electrons. The summed E-state index contributed by atoms with van der Waals surface area (Å²) in [6.07, 6.45) is 8.11. The highest BCUT2D eigenvalue weighted by molar-refractivity contribution is 5.23. The molecule has 6 aliphatic rings. The summed E-state index contributed by atoms with van der Waals surface area (Å²) >= 11 is 0. The van der Waals surface area contributed by atoms with E-state index in [1.807, 2.05) is 0 Å². The minimum atomic E-state index is 0.843. The van der Waals surface area contributed by atoms with Crippen molar-refractivity contribution in [1.82, 2.24) is 0 Å². The fourth-order valence-electron chi connectivity index (χ4n) is 5.71. The van der Waals surface area contributed by atoms with Gasteiger partial charge in [-0.3, -0.25) is 0 Å². The lowest BCUT2D eigenvalue weighted by Crippen LogP contribution is -2.58. The summed E-state index contributed by atoms with van der Waals surface area (Å²) in [5.74, 6) is 3.55. The van der Waals surface area contributed by atoms with Crippen molar-refractivity contribution in [1.29, 1.82) is 0 Å². The summed E-state index contributed by atoms with van der Waals surface area (Å²) in [4.78, 5) is 0. The van der Waals surface area contributed by atoms with Crippen molar-refractivity contribution in [3.8, 4) is 0 Å². The van der Waals surface area contributed by atoms with Crippen LogP contribution in [0.5, 0.6) is 0 Å². The summed E-state index contributed by atoms with van der Waals surface area (Å²) in [5.41, 5.74) is 1.78. The van der Waals surface area contributed by atoms with Crippen LogP contribution < -0.4 is 0 Å². The average molecular weight is 148 g/mol. The van der Waals surface area contributed by atoms with E-state index < -0.39 is 0 Å². The lowest BCUT2D eigenvalue weighted by Gasteiger charge is -2.66. The first kappa shape index (κ1) is 5.61. The predicted octanol–water partition coefficient (Wildman–Crippen LogP) is 2.83. The summed E-state index contributed by atoms with van der Waals surface area (Å²) in [7, 11) is 0. The molecule has 0 aliphatic heterocycles. The van der Waals surface area contributed by atoms with Crippen LogP contribution >= 0.6 is 0 Å². The minimum absolute atomic E-state index is 0.843. The van der Waals surface area contributed by atoms with Gasteiger partial charge in [0.1, 0.15) is 0 Å². The van der Waals surface area contributed by atoms with E-state index in [-0.39, 0.29) is 0 Å². The molecule has 0 aromatic heterocycles. The standard InChI is InChI=1S/C11H16/c1-10-3-8-5-11(6-10)4-7(8)2-9(10)11/h7-9H,2-6H2,1H3. The highest BCUT2D eigenvalue weighted by Gasteiger charge is 2.73. The van der Waals surface area contributed by atoms with Gasteiger partial charge in [0.2, 0.25) is 0 Å². The monoisotopic (exact) mass is 148 g/mol. The molecule has 5 unspecified atom stereocenters. The molecule has 0 nitrogen and oxygen atoms in total. The normalized spacial score (nSPS) is 75.5. The summed E-state index contributed by atoms with van der Waals surface area (Å²) in [6.45, 7) is 2.56. The third-order valence-corrected chi connectivity index (χ3v) is 5.61. The minimum Gasteiger partial charge on any atom is -0.0593 e. The lowest BCUT2D eigenvalue weighted by molar-refractivity contribution is -0.167. The lowest BCUT2D eigenvalue weighted by atomic mass is 9.39. The van der Waals surface area contributed by atoms with Gasteiger partial charge in [-0.15, -0.1) is 0 Å². The molecule has 0 N–H and O–H groups in total. The quantitative estimate of drug-likeness (QED) is 0.495. The fraction of sp³-hybridized carbons (Fsp3) is 1.00. The van der Waals surface area contributed by atoms with Gasteiger partial charge in [-0.05, 0) is 60.7 Å². The second kappa shape index (κ2) is 1.20. The molecule has 1 spiro atoms. The molecule has 0 saturated heterocycles. The Balaban J connectivity index is 1.94. The topological polar surface area (TPSA) is 0 Å². The van der Waals surface area contributed by atoms with E-state index in [1.54, 1.807) is 32.1 Å². The van der Waals surface area contributed by atoms with Crippen LogP contribution in [0.25, 0.3) is 0 Å². The largest absolute Gasteiger partial charge is 0.0593 e. The van der Waals surface area contributed by atoms with E-state index in [9.17, 15) is 0 Å². The molecule has 0 heteroatoms. The van der Waals surface area contributed by atoms with Crippen LogP contribution in [0.2, 0.25) is 0 Å². The number of hydrogen-bond acceptors (Lipinski definition) is 0. The van der Waals surface area contributed by atoms with Gasteiger partial charge in [0.15, 0.2) is 0 Å². The van der Waals surface area contributed by atoms with E-state index in [0.717, 1.165) is 10.8 Å². The van der Waals surface area contributed by atoms with E-state index in [0.29, 0.717) is 0 Å². The van der Waals surface area contributed by atoms with Crippen molar-refractivity contribution >= 4 is 0 Å². The molecule has 0 radical (unpaired) electrons. The molecule has 6 saturated carbocycles. The second-order valence-electron chi connectivity index (χ2n) is 6.11. The van der Waals surface area contributed by atoms with E-state index in [4.69, 9.17) is 0 Å². The van der Waals surface area contributed by atoms with Crippen LogP contribution in [0.1, 0.15) is 39.0 Å². The molecule has 11 heavy (non-hydrogen) atoms. The van der Waals surface area contributed by atoms with Gasteiger partial charge in [0.25, 0.3) is 0 Å². The van der Waals surface area contributed by atoms with Gasteiger partial charge in [-0.1, -0.05) is 6.92 Å². The average Bonchev–Trinajstić information content (AvgIpc) is 2.33. The zero-order valence-corrected chi connectivity index (χ0v) is 7.27. The van der Waals surface area contributed by atoms with Crippen LogP contribution in [-0.4, -0.2) is 0 Å². The molecule has 6 fully saturated rings. The van der Waals surface area contributed by atoms with Crippen LogP contribution in [0.4, 0.5) is 0 Å². The predicted molar refractivity (Wildman–Crippen MR) is 44.1 cm³/mol. The van der Waals surface area contributed by atoms with Crippen molar-refractivity contribution < 1.29 is 0 Å². The molecule has 0 amide bonds. The first-order valence-corrected chi connectivity index (χ1v) is 5.22. The van der Waals surface area contributed by atoms with Gasteiger partial charge >= 0.3 is 0 Å². The van der Waals surface area contributed by atoms with Crippen molar-refractivity contribution in [3.63, 3.8) is 0 Å². The zero-order valence-electron chi connectivity index (χ0n) is 7.27. The molecule has 0 heterocycles. The zero-order chi connectivity index (χ0) is 7.27. The Morgan fingerprint density at radius 3 is 2.55 bits per heavy atom. The Morgan fingerprint density at radius 2 is 1.91 bits per heavy atom. The maximum absolute atomic E-state index is 2.56. The highest BCUT2D eigenvalue weighted by atomic mass is 14.8. The first-order valence-electron chi connectivity index (χ1n) is 5.22. The van der Waals surface area contributed by atoms with Gasteiger partial charge in [0.05, 0.1) is 0 Å². The molecule has 5 atom stereocenters. The first-order chi connectivity index (χ1) is 5.22. The maximum atomic E-state index is 2.56. The Kier molecular flexibility index (Phi) is 0.611. The molecule has 6 aliphatic carbocycles. The van der Waals surface area contributed by atoms with Crippen LogP contribution in [0.3, 0.4) is 0 Å². The maximum Gasteiger partial charge on any atom is -0.0253 e. The SMILES string of the molecule is CC12CC3CC4(CC3CC14)C2. The molecular weight excluding hydrogens is 132 g/mol. The van der Waals surface area contributed by atoms with Gasteiger partial charge in [0, 0.05) is 0 Å². The van der Waals surface area contributed by atoms with Crippen molar-refractivity contribution in [3.05, 3.63) is 0 Å². The smallest absolute Gasteiger partial charge is 0.0253 e. The Labute approximate surface area is 68.4 Å². The van der Waals surface area contributed by atoms with E-state index in [2.05, 4.69) is 6.92 Å². The summed E-state index contributed by atoms with van der Waals surface area (Å²) in [6, 6.07) is 0. The molecule has 5 bridgehead atoms. The van der Waals surface area contributed by atoms with Crippen molar-refractivity contribution in [2.24, 2.45) is 28.6 Å². The molecule has 0 aromatic rings. The van der Waals surface area contributed by atoms with E-state index >= 15 is 0 Å². The van der Waals surface area contributed by atoms with Gasteiger partial charge < -0.3 is 0 Å². The summed E-state index contributed by atoms with van der Waals surface area (Å²) < 4.78 is 0. The molecular formula is C11H16. The Hall–Kier alpha value is 0. The number of rotatable bonds is 0. The van der Waals surface area contributed by atoms with Gasteiger partial charge in [-0.25, -0.2) is 0 Å². The molecule has 6 rings (SSSR count). The van der Waals surface area contributed by atoms with Gasteiger partial charge in [-0.2, -0.15) is 0 Å². The third-order valence-electron chi connectivity index (χ3n) is 5.61. The van der Waals surface area contributed by atoms with E-state index in [1.165, 1.54) is 17.8 Å². The Morgan fingerprint density at radius 1 is 1.09 bits per heavy atom. The van der Waals surface area contributed by atoms with Crippen molar-refractivity contribution in [2.45, 2.75) is 39.0 Å². The van der Waals surface area contributed by atoms with Crippen molar-refractivity contribution in [2.75, 3.05) is 0 Å². The molecule has 0 aromatic carbocycles. The van der Waals surface area contributed by atoms with Crippen LogP contribution in [-0.2, 0) is 0 Å². The second-order valence-corrected chi connectivity index (χ2v) is 6.11. The van der Waals surface area contributed by atoms with Crippen LogP contribution in [0.15, 0.2) is 0 Å². The highest BCUT2D eigenvalue weighted by Crippen LogP contribution is 2.82. The number of hydrogen-bond donors (Lipinski definition) is 0. The summed E-state index contributed by atoms with van der Waals surface area (Å²) in [5, 5.41) is 0. The third kappa shape index (κ3) is 0.381. The fourth-order valence-corrected chi connectivity index (χ4v) is 5.71. The van der Waals surface area contributed by atoms with Crippen LogP contribution in [0, 0.1) is 28.6 Å².